The minimum absolute atomic E-state index is 0.210. The van der Waals surface area contributed by atoms with E-state index in [2.05, 4.69) is 12.2 Å². The number of rotatable bonds is 5. The molecule has 2 rings (SSSR count). The van der Waals surface area contributed by atoms with Crippen LogP contribution in [0.5, 0.6) is 5.75 Å². The number of nitrogens with one attached hydrogen (secondary N) is 1. The van der Waals surface area contributed by atoms with Crippen molar-refractivity contribution in [1.29, 1.82) is 0 Å². The maximum Gasteiger partial charge on any atom is 0.134 e. The first-order chi connectivity index (χ1) is 7.81. The third-order valence-electron chi connectivity index (χ3n) is 2.46. The largest absolute Gasteiger partial charge is 0.496 e. The van der Waals surface area contributed by atoms with Crippen LogP contribution in [0.25, 0.3) is 0 Å². The fourth-order valence-electron chi connectivity index (χ4n) is 1.52. The highest BCUT2D eigenvalue weighted by molar-refractivity contribution is 7.10. The molecule has 3 nitrogen and oxygen atoms in total. The summed E-state index contributed by atoms with van der Waals surface area (Å²) in [6, 6.07) is 6.07. The summed E-state index contributed by atoms with van der Waals surface area (Å²) in [4.78, 5) is 1.21. The van der Waals surface area contributed by atoms with E-state index in [0.29, 0.717) is 0 Å². The first kappa shape index (κ1) is 11.2. The molecule has 0 saturated carbocycles. The average Bonchev–Trinajstić information content (AvgIpc) is 2.96. The van der Waals surface area contributed by atoms with E-state index in [0.717, 1.165) is 18.1 Å². The van der Waals surface area contributed by atoms with Gasteiger partial charge in [0.25, 0.3) is 0 Å². The molecule has 2 aromatic rings. The lowest BCUT2D eigenvalue weighted by Crippen LogP contribution is -2.17. The second kappa shape index (κ2) is 5.18. The smallest absolute Gasteiger partial charge is 0.134 e. The highest BCUT2D eigenvalue weighted by Gasteiger charge is 2.09. The van der Waals surface area contributed by atoms with Gasteiger partial charge in [0.2, 0.25) is 0 Å². The van der Waals surface area contributed by atoms with Gasteiger partial charge < -0.3 is 14.5 Å². The molecule has 0 aliphatic rings. The lowest BCUT2D eigenvalue weighted by molar-refractivity contribution is 0.402. The predicted molar refractivity (Wildman–Crippen MR) is 64.8 cm³/mol. The van der Waals surface area contributed by atoms with E-state index in [1.54, 1.807) is 24.7 Å². The van der Waals surface area contributed by atoms with Crippen LogP contribution in [-0.2, 0) is 6.54 Å². The van der Waals surface area contributed by atoms with E-state index >= 15 is 0 Å². The molecule has 0 fully saturated rings. The Morgan fingerprint density at radius 3 is 3.06 bits per heavy atom. The fourth-order valence-corrected chi connectivity index (χ4v) is 2.31. The highest BCUT2D eigenvalue weighted by Crippen LogP contribution is 2.25. The van der Waals surface area contributed by atoms with Crippen LogP contribution in [-0.4, -0.2) is 7.11 Å². The molecular weight excluding hydrogens is 222 g/mol. The normalized spacial score (nSPS) is 12.6. The number of hydrogen-bond donors (Lipinski definition) is 1. The van der Waals surface area contributed by atoms with Gasteiger partial charge in [-0.2, -0.15) is 0 Å². The van der Waals surface area contributed by atoms with Crippen LogP contribution in [0.1, 0.15) is 23.6 Å². The molecular formula is C12H15NO2S. The Kier molecular flexibility index (Phi) is 3.64. The second-order valence-electron chi connectivity index (χ2n) is 3.53. The molecule has 0 amide bonds. The molecule has 2 heterocycles. The average molecular weight is 237 g/mol. The van der Waals surface area contributed by atoms with Crippen molar-refractivity contribution in [3.63, 3.8) is 0 Å². The summed E-state index contributed by atoms with van der Waals surface area (Å²) in [5, 5.41) is 5.43. The molecule has 0 radical (unpaired) electrons. The van der Waals surface area contributed by atoms with E-state index in [4.69, 9.17) is 9.15 Å². The summed E-state index contributed by atoms with van der Waals surface area (Å²) in [6.07, 6.45) is 1.69. The van der Waals surface area contributed by atoms with Crippen molar-refractivity contribution in [3.8, 4) is 5.75 Å². The zero-order valence-corrected chi connectivity index (χ0v) is 10.2. The standard InChI is InChI=1S/C12H15NO2S/c1-9(10-4-3-6-15-10)13-8-12-11(14-2)5-7-16-12/h3-7,9,13H,8H2,1-2H3. The van der Waals surface area contributed by atoms with Gasteiger partial charge in [0, 0.05) is 6.54 Å². The van der Waals surface area contributed by atoms with E-state index in [1.165, 1.54) is 4.88 Å². The van der Waals surface area contributed by atoms with E-state index in [1.807, 2.05) is 23.6 Å². The molecule has 0 aliphatic heterocycles. The Balaban J connectivity index is 1.92. The van der Waals surface area contributed by atoms with Crippen LogP contribution in [0.2, 0.25) is 0 Å². The summed E-state index contributed by atoms with van der Waals surface area (Å²) in [6.45, 7) is 2.88. The zero-order chi connectivity index (χ0) is 11.4. The van der Waals surface area contributed by atoms with Gasteiger partial charge in [0.1, 0.15) is 11.5 Å². The van der Waals surface area contributed by atoms with Gasteiger partial charge >= 0.3 is 0 Å². The van der Waals surface area contributed by atoms with Crippen LogP contribution >= 0.6 is 11.3 Å². The van der Waals surface area contributed by atoms with Gasteiger partial charge in [-0.25, -0.2) is 0 Å². The quantitative estimate of drug-likeness (QED) is 0.867. The Morgan fingerprint density at radius 1 is 1.50 bits per heavy atom. The van der Waals surface area contributed by atoms with Crippen molar-refractivity contribution >= 4 is 11.3 Å². The highest BCUT2D eigenvalue weighted by atomic mass is 32.1. The lowest BCUT2D eigenvalue weighted by atomic mass is 10.2. The van der Waals surface area contributed by atoms with Crippen molar-refractivity contribution in [2.45, 2.75) is 19.5 Å². The lowest BCUT2D eigenvalue weighted by Gasteiger charge is -2.11. The molecule has 1 unspecified atom stereocenters. The molecule has 16 heavy (non-hydrogen) atoms. The summed E-state index contributed by atoms with van der Waals surface area (Å²) >= 11 is 1.70. The molecule has 0 aliphatic carbocycles. The van der Waals surface area contributed by atoms with Crippen molar-refractivity contribution in [3.05, 3.63) is 40.5 Å². The Morgan fingerprint density at radius 2 is 2.38 bits per heavy atom. The summed E-state index contributed by atoms with van der Waals surface area (Å²) < 4.78 is 10.6. The Bertz CT molecular complexity index is 422. The molecule has 1 N–H and O–H groups in total. The second-order valence-corrected chi connectivity index (χ2v) is 4.53. The number of ether oxygens (including phenoxy) is 1. The molecule has 0 spiro atoms. The minimum Gasteiger partial charge on any atom is -0.496 e. The summed E-state index contributed by atoms with van der Waals surface area (Å²) in [5.74, 6) is 1.90. The van der Waals surface area contributed by atoms with Crippen molar-refractivity contribution < 1.29 is 9.15 Å². The van der Waals surface area contributed by atoms with Crippen LogP contribution in [0.4, 0.5) is 0 Å². The number of thiophene rings is 1. The molecule has 1 atom stereocenters. The Hall–Kier alpha value is -1.26. The van der Waals surface area contributed by atoms with Gasteiger partial charge in [0.15, 0.2) is 0 Å². The molecule has 4 heteroatoms. The maximum absolute atomic E-state index is 5.33. The molecule has 0 saturated heterocycles. The maximum atomic E-state index is 5.33. The third kappa shape index (κ3) is 2.46. The predicted octanol–water partition coefficient (Wildman–Crippen LogP) is 3.20. The van der Waals surface area contributed by atoms with Gasteiger partial charge in [0.05, 0.1) is 24.3 Å². The van der Waals surface area contributed by atoms with E-state index < -0.39 is 0 Å². The molecule has 86 valence electrons. The van der Waals surface area contributed by atoms with Crippen molar-refractivity contribution in [2.75, 3.05) is 7.11 Å². The van der Waals surface area contributed by atoms with Gasteiger partial charge in [-0.05, 0) is 30.5 Å². The topological polar surface area (TPSA) is 34.4 Å². The monoisotopic (exact) mass is 237 g/mol. The SMILES string of the molecule is COc1ccsc1CNC(C)c1ccco1. The van der Waals surface area contributed by atoms with E-state index in [9.17, 15) is 0 Å². The minimum atomic E-state index is 0.210. The first-order valence-electron chi connectivity index (χ1n) is 5.18. The number of methoxy groups -OCH3 is 1. The first-order valence-corrected chi connectivity index (χ1v) is 6.06. The Labute approximate surface area is 99.0 Å². The molecule has 0 bridgehead atoms. The summed E-state index contributed by atoms with van der Waals surface area (Å²) in [7, 11) is 1.70. The fraction of sp³-hybridized carbons (Fsp3) is 0.333. The van der Waals surface area contributed by atoms with Crippen LogP contribution in [0.15, 0.2) is 34.3 Å². The third-order valence-corrected chi connectivity index (χ3v) is 3.37. The zero-order valence-electron chi connectivity index (χ0n) is 9.40. The van der Waals surface area contributed by atoms with Gasteiger partial charge in [-0.3, -0.25) is 0 Å². The summed E-state index contributed by atoms with van der Waals surface area (Å²) in [5.41, 5.74) is 0. The molecule has 2 aromatic heterocycles. The number of hydrogen-bond acceptors (Lipinski definition) is 4. The van der Waals surface area contributed by atoms with Gasteiger partial charge in [-0.1, -0.05) is 0 Å². The van der Waals surface area contributed by atoms with Gasteiger partial charge in [-0.15, -0.1) is 11.3 Å². The number of furan rings is 1. The van der Waals surface area contributed by atoms with Crippen LogP contribution in [0.3, 0.4) is 0 Å². The van der Waals surface area contributed by atoms with Crippen molar-refractivity contribution in [1.82, 2.24) is 5.32 Å². The van der Waals surface area contributed by atoms with Crippen molar-refractivity contribution in [2.24, 2.45) is 0 Å². The van der Waals surface area contributed by atoms with Crippen LogP contribution in [0, 0.1) is 0 Å². The van der Waals surface area contributed by atoms with Crippen LogP contribution < -0.4 is 10.1 Å². The molecule has 0 aromatic carbocycles. The van der Waals surface area contributed by atoms with E-state index in [-0.39, 0.29) is 6.04 Å².